The normalized spacial score (nSPS) is 16.7. The first-order valence-corrected chi connectivity index (χ1v) is 6.38. The minimum atomic E-state index is 0.208. The van der Waals surface area contributed by atoms with Crippen molar-refractivity contribution in [2.75, 3.05) is 20.8 Å². The van der Waals surface area contributed by atoms with Gasteiger partial charge in [-0.25, -0.2) is 0 Å². The lowest BCUT2D eigenvalue weighted by atomic mass is 9.94. The SMILES string of the molecule is CNC(C1=COCCC1)c1ccc(C)c(OC)c1. The monoisotopic (exact) mass is 247 g/mol. The van der Waals surface area contributed by atoms with Crippen molar-refractivity contribution in [1.29, 1.82) is 0 Å². The third kappa shape index (κ3) is 2.67. The predicted molar refractivity (Wildman–Crippen MR) is 72.8 cm³/mol. The zero-order chi connectivity index (χ0) is 13.0. The van der Waals surface area contributed by atoms with Crippen LogP contribution in [0.1, 0.15) is 30.0 Å². The van der Waals surface area contributed by atoms with Crippen LogP contribution in [0.25, 0.3) is 0 Å². The number of methoxy groups -OCH3 is 1. The molecule has 1 aliphatic rings. The Morgan fingerprint density at radius 1 is 1.39 bits per heavy atom. The maximum Gasteiger partial charge on any atom is 0.122 e. The number of nitrogens with one attached hydrogen (secondary N) is 1. The van der Waals surface area contributed by atoms with E-state index in [4.69, 9.17) is 9.47 Å². The smallest absolute Gasteiger partial charge is 0.122 e. The van der Waals surface area contributed by atoms with Crippen LogP contribution in [-0.2, 0) is 4.74 Å². The van der Waals surface area contributed by atoms with Crippen molar-refractivity contribution < 1.29 is 9.47 Å². The van der Waals surface area contributed by atoms with Gasteiger partial charge in [0.05, 0.1) is 26.0 Å². The second-order valence-corrected chi connectivity index (χ2v) is 4.62. The molecule has 0 bridgehead atoms. The number of aryl methyl sites for hydroxylation is 1. The van der Waals surface area contributed by atoms with Gasteiger partial charge in [-0.3, -0.25) is 0 Å². The zero-order valence-electron chi connectivity index (χ0n) is 11.3. The second-order valence-electron chi connectivity index (χ2n) is 4.62. The molecule has 1 heterocycles. The molecule has 0 radical (unpaired) electrons. The Labute approximate surface area is 109 Å². The van der Waals surface area contributed by atoms with Gasteiger partial charge in [0, 0.05) is 0 Å². The molecular formula is C15H21NO2. The number of likely N-dealkylation sites (N-methyl/N-ethyl adjacent to an activating group) is 1. The van der Waals surface area contributed by atoms with E-state index >= 15 is 0 Å². The van der Waals surface area contributed by atoms with Crippen LogP contribution in [0.15, 0.2) is 30.0 Å². The summed E-state index contributed by atoms with van der Waals surface area (Å²) in [5, 5.41) is 3.35. The maximum absolute atomic E-state index is 5.43. The summed E-state index contributed by atoms with van der Waals surface area (Å²) in [4.78, 5) is 0. The molecule has 0 spiro atoms. The first-order chi connectivity index (χ1) is 8.76. The van der Waals surface area contributed by atoms with Crippen LogP contribution in [0.4, 0.5) is 0 Å². The Balaban J connectivity index is 2.29. The Morgan fingerprint density at radius 2 is 2.22 bits per heavy atom. The fraction of sp³-hybridized carbons (Fsp3) is 0.467. The minimum Gasteiger partial charge on any atom is -0.501 e. The van der Waals surface area contributed by atoms with Crippen molar-refractivity contribution in [1.82, 2.24) is 5.32 Å². The summed E-state index contributed by atoms with van der Waals surface area (Å²) in [6.07, 6.45) is 4.08. The molecule has 1 aromatic carbocycles. The highest BCUT2D eigenvalue weighted by Crippen LogP contribution is 2.30. The third-order valence-corrected chi connectivity index (χ3v) is 3.39. The average Bonchev–Trinajstić information content (AvgIpc) is 2.42. The van der Waals surface area contributed by atoms with Crippen molar-refractivity contribution >= 4 is 0 Å². The molecule has 2 rings (SSSR count). The Kier molecular flexibility index (Phi) is 4.26. The van der Waals surface area contributed by atoms with Gasteiger partial charge in [-0.05, 0) is 49.6 Å². The van der Waals surface area contributed by atoms with Crippen LogP contribution in [-0.4, -0.2) is 20.8 Å². The number of hydrogen-bond acceptors (Lipinski definition) is 3. The van der Waals surface area contributed by atoms with E-state index in [0.29, 0.717) is 0 Å². The number of benzene rings is 1. The van der Waals surface area contributed by atoms with Gasteiger partial charge in [-0.1, -0.05) is 12.1 Å². The van der Waals surface area contributed by atoms with Crippen molar-refractivity contribution in [3.05, 3.63) is 41.2 Å². The second kappa shape index (κ2) is 5.91. The predicted octanol–water partition coefficient (Wildman–Crippen LogP) is 2.96. The minimum absolute atomic E-state index is 0.208. The number of hydrogen-bond donors (Lipinski definition) is 1. The van der Waals surface area contributed by atoms with Crippen LogP contribution in [0.2, 0.25) is 0 Å². The molecular weight excluding hydrogens is 226 g/mol. The van der Waals surface area contributed by atoms with Crippen LogP contribution in [0, 0.1) is 6.92 Å². The third-order valence-electron chi connectivity index (χ3n) is 3.39. The fourth-order valence-corrected chi connectivity index (χ4v) is 2.38. The standard InChI is InChI=1S/C15H21NO2/c1-11-6-7-12(9-14(11)17-3)15(16-2)13-5-4-8-18-10-13/h6-7,9-10,15-16H,4-5,8H2,1-3H3. The lowest BCUT2D eigenvalue weighted by Gasteiger charge is -2.24. The summed E-state index contributed by atoms with van der Waals surface area (Å²) in [5.41, 5.74) is 3.68. The van der Waals surface area contributed by atoms with E-state index < -0.39 is 0 Å². The van der Waals surface area contributed by atoms with E-state index in [1.807, 2.05) is 13.3 Å². The molecule has 1 atom stereocenters. The van der Waals surface area contributed by atoms with E-state index in [9.17, 15) is 0 Å². The summed E-state index contributed by atoms with van der Waals surface area (Å²) in [6.45, 7) is 2.89. The molecule has 1 unspecified atom stereocenters. The fourth-order valence-electron chi connectivity index (χ4n) is 2.38. The van der Waals surface area contributed by atoms with E-state index in [1.165, 1.54) is 11.1 Å². The van der Waals surface area contributed by atoms with Gasteiger partial charge in [-0.15, -0.1) is 0 Å². The molecule has 3 heteroatoms. The van der Waals surface area contributed by atoms with Gasteiger partial charge in [0.1, 0.15) is 5.75 Å². The number of rotatable bonds is 4. The Morgan fingerprint density at radius 3 is 2.83 bits per heavy atom. The lowest BCUT2D eigenvalue weighted by molar-refractivity contribution is 0.220. The molecule has 18 heavy (non-hydrogen) atoms. The summed E-state index contributed by atoms with van der Waals surface area (Å²) in [7, 11) is 3.69. The molecule has 98 valence electrons. The average molecular weight is 247 g/mol. The van der Waals surface area contributed by atoms with Crippen LogP contribution >= 0.6 is 0 Å². The summed E-state index contributed by atoms with van der Waals surface area (Å²) in [6, 6.07) is 6.56. The maximum atomic E-state index is 5.43. The van der Waals surface area contributed by atoms with Gasteiger partial charge in [-0.2, -0.15) is 0 Å². The van der Waals surface area contributed by atoms with Crippen molar-refractivity contribution in [3.8, 4) is 5.75 Å². The summed E-state index contributed by atoms with van der Waals surface area (Å²) < 4.78 is 10.8. The van der Waals surface area contributed by atoms with E-state index in [0.717, 1.165) is 30.8 Å². The first kappa shape index (κ1) is 13.0. The van der Waals surface area contributed by atoms with Crippen molar-refractivity contribution in [2.24, 2.45) is 0 Å². The first-order valence-electron chi connectivity index (χ1n) is 6.38. The molecule has 0 amide bonds. The van der Waals surface area contributed by atoms with Gasteiger partial charge < -0.3 is 14.8 Å². The molecule has 1 aromatic rings. The largest absolute Gasteiger partial charge is 0.501 e. The highest BCUT2D eigenvalue weighted by atomic mass is 16.5. The molecule has 1 N–H and O–H groups in total. The highest BCUT2D eigenvalue weighted by Gasteiger charge is 2.18. The summed E-state index contributed by atoms with van der Waals surface area (Å²) >= 11 is 0. The molecule has 1 aliphatic heterocycles. The van der Waals surface area contributed by atoms with Crippen LogP contribution in [0.5, 0.6) is 5.75 Å². The van der Waals surface area contributed by atoms with Gasteiger partial charge >= 0.3 is 0 Å². The van der Waals surface area contributed by atoms with Crippen LogP contribution in [0.3, 0.4) is 0 Å². The Hall–Kier alpha value is -1.48. The van der Waals surface area contributed by atoms with Gasteiger partial charge in [0.15, 0.2) is 0 Å². The van der Waals surface area contributed by atoms with Gasteiger partial charge in [0.2, 0.25) is 0 Å². The molecule has 3 nitrogen and oxygen atoms in total. The van der Waals surface area contributed by atoms with Crippen LogP contribution < -0.4 is 10.1 Å². The van der Waals surface area contributed by atoms with E-state index in [-0.39, 0.29) is 6.04 Å². The number of ether oxygens (including phenoxy) is 2. The molecule has 0 saturated carbocycles. The summed E-state index contributed by atoms with van der Waals surface area (Å²) in [5.74, 6) is 0.935. The molecule has 0 fully saturated rings. The zero-order valence-corrected chi connectivity index (χ0v) is 11.3. The van der Waals surface area contributed by atoms with E-state index in [2.05, 4.69) is 30.4 Å². The van der Waals surface area contributed by atoms with E-state index in [1.54, 1.807) is 7.11 Å². The van der Waals surface area contributed by atoms with Crippen molar-refractivity contribution in [3.63, 3.8) is 0 Å². The topological polar surface area (TPSA) is 30.5 Å². The lowest BCUT2D eigenvalue weighted by Crippen LogP contribution is -2.20. The Bertz CT molecular complexity index is 440. The highest BCUT2D eigenvalue weighted by molar-refractivity contribution is 5.40. The molecule has 0 aliphatic carbocycles. The quantitative estimate of drug-likeness (QED) is 0.887. The van der Waals surface area contributed by atoms with Gasteiger partial charge in [0.25, 0.3) is 0 Å². The molecule has 0 aromatic heterocycles. The molecule has 0 saturated heterocycles. The van der Waals surface area contributed by atoms with Crippen molar-refractivity contribution in [2.45, 2.75) is 25.8 Å².